The Labute approximate surface area is 134 Å². The standard InChI is InChI=1S/C16H21N3O2S/c1-12-17-7-13-4-5-19(9-16(13)18-12)8-14(20)10-21-11-15-3-2-6-22-15/h2-3,6-7,14,20H,4-5,8-11H2,1H3/t14-/m1/s1. The largest absolute Gasteiger partial charge is 0.389 e. The minimum absolute atomic E-state index is 0.365. The van der Waals surface area contributed by atoms with E-state index in [-0.39, 0.29) is 0 Å². The van der Waals surface area contributed by atoms with Gasteiger partial charge in [-0.1, -0.05) is 6.07 Å². The molecule has 0 aromatic carbocycles. The van der Waals surface area contributed by atoms with Crippen molar-refractivity contribution < 1.29 is 9.84 Å². The van der Waals surface area contributed by atoms with Crippen molar-refractivity contribution in [3.05, 3.63) is 45.7 Å². The van der Waals surface area contributed by atoms with Gasteiger partial charge in [0.1, 0.15) is 5.82 Å². The molecule has 0 radical (unpaired) electrons. The SMILES string of the molecule is Cc1ncc2c(n1)CN(C[C@@H](O)COCc1cccs1)CC2. The van der Waals surface area contributed by atoms with Crippen LogP contribution in [0, 0.1) is 6.92 Å². The molecule has 6 heteroatoms. The van der Waals surface area contributed by atoms with E-state index in [1.54, 1.807) is 11.3 Å². The second-order valence-electron chi connectivity index (χ2n) is 5.62. The summed E-state index contributed by atoms with van der Waals surface area (Å²) in [6.07, 6.45) is 2.40. The summed E-state index contributed by atoms with van der Waals surface area (Å²) in [5, 5.41) is 12.2. The van der Waals surface area contributed by atoms with Crippen molar-refractivity contribution in [1.29, 1.82) is 0 Å². The average Bonchev–Trinajstić information content (AvgIpc) is 3.00. The number of fused-ring (bicyclic) bond motifs is 1. The fourth-order valence-electron chi connectivity index (χ4n) is 2.65. The summed E-state index contributed by atoms with van der Waals surface area (Å²) >= 11 is 1.67. The molecule has 2 aromatic rings. The van der Waals surface area contributed by atoms with Crippen molar-refractivity contribution in [3.8, 4) is 0 Å². The van der Waals surface area contributed by atoms with Crippen molar-refractivity contribution >= 4 is 11.3 Å². The number of ether oxygens (including phenoxy) is 1. The number of aliphatic hydroxyl groups is 1. The van der Waals surface area contributed by atoms with Gasteiger partial charge in [0.2, 0.25) is 0 Å². The van der Waals surface area contributed by atoms with Crippen LogP contribution in [0.4, 0.5) is 0 Å². The van der Waals surface area contributed by atoms with Gasteiger partial charge in [-0.3, -0.25) is 4.90 Å². The first-order chi connectivity index (χ1) is 10.7. The van der Waals surface area contributed by atoms with Crippen LogP contribution < -0.4 is 0 Å². The summed E-state index contributed by atoms with van der Waals surface area (Å²) in [6.45, 7) is 5.18. The molecule has 0 saturated heterocycles. The third-order valence-electron chi connectivity index (χ3n) is 3.75. The molecule has 22 heavy (non-hydrogen) atoms. The number of rotatable bonds is 6. The molecule has 0 saturated carbocycles. The number of β-amino-alcohol motifs (C(OH)–C–C–N with tert-alkyl or cyclic N) is 1. The van der Waals surface area contributed by atoms with Crippen LogP contribution >= 0.6 is 11.3 Å². The molecule has 1 aliphatic rings. The number of thiophene rings is 1. The average molecular weight is 319 g/mol. The van der Waals surface area contributed by atoms with Crippen LogP contribution in [0.25, 0.3) is 0 Å². The highest BCUT2D eigenvalue weighted by atomic mass is 32.1. The molecule has 0 unspecified atom stereocenters. The summed E-state index contributed by atoms with van der Waals surface area (Å²) in [4.78, 5) is 12.2. The van der Waals surface area contributed by atoms with Crippen LogP contribution in [0.5, 0.6) is 0 Å². The number of aliphatic hydroxyl groups excluding tert-OH is 1. The Kier molecular flexibility index (Phi) is 5.15. The van der Waals surface area contributed by atoms with Crippen molar-refractivity contribution in [1.82, 2.24) is 14.9 Å². The number of nitrogens with zero attached hydrogens (tertiary/aromatic N) is 3. The van der Waals surface area contributed by atoms with Gasteiger partial charge in [-0.25, -0.2) is 9.97 Å². The monoisotopic (exact) mass is 319 g/mol. The molecule has 0 bridgehead atoms. The van der Waals surface area contributed by atoms with E-state index in [0.717, 1.165) is 31.0 Å². The molecule has 0 fully saturated rings. The van der Waals surface area contributed by atoms with Crippen LogP contribution in [0.2, 0.25) is 0 Å². The van der Waals surface area contributed by atoms with Crippen LogP contribution in [0.15, 0.2) is 23.7 Å². The van der Waals surface area contributed by atoms with E-state index in [1.165, 1.54) is 10.4 Å². The molecule has 5 nitrogen and oxygen atoms in total. The van der Waals surface area contributed by atoms with Gasteiger partial charge >= 0.3 is 0 Å². The van der Waals surface area contributed by atoms with E-state index in [4.69, 9.17) is 4.74 Å². The van der Waals surface area contributed by atoms with Crippen LogP contribution in [0.1, 0.15) is 22.0 Å². The quantitative estimate of drug-likeness (QED) is 0.879. The lowest BCUT2D eigenvalue weighted by Gasteiger charge is -2.29. The summed E-state index contributed by atoms with van der Waals surface area (Å²) in [7, 11) is 0. The number of aromatic nitrogens is 2. The highest BCUT2D eigenvalue weighted by Crippen LogP contribution is 2.16. The zero-order chi connectivity index (χ0) is 15.4. The van der Waals surface area contributed by atoms with Crippen molar-refractivity contribution in [2.45, 2.75) is 32.6 Å². The van der Waals surface area contributed by atoms with E-state index in [2.05, 4.69) is 14.9 Å². The molecule has 1 aliphatic heterocycles. The summed E-state index contributed by atoms with van der Waals surface area (Å²) < 4.78 is 5.58. The zero-order valence-electron chi connectivity index (χ0n) is 12.7. The predicted octanol–water partition coefficient (Wildman–Crippen LogP) is 1.78. The molecular formula is C16H21N3O2S. The van der Waals surface area contributed by atoms with Crippen LogP contribution in [-0.4, -0.2) is 45.8 Å². The van der Waals surface area contributed by atoms with Gasteiger partial charge in [0.05, 0.1) is 25.0 Å². The van der Waals surface area contributed by atoms with Gasteiger partial charge in [0.25, 0.3) is 0 Å². The Morgan fingerprint density at radius 3 is 3.23 bits per heavy atom. The minimum Gasteiger partial charge on any atom is -0.389 e. The van der Waals surface area contributed by atoms with E-state index in [0.29, 0.717) is 19.8 Å². The summed E-state index contributed by atoms with van der Waals surface area (Å²) in [6, 6.07) is 4.05. The van der Waals surface area contributed by atoms with Gasteiger partial charge in [-0.15, -0.1) is 11.3 Å². The molecular weight excluding hydrogens is 298 g/mol. The molecule has 1 N–H and O–H groups in total. The lowest BCUT2D eigenvalue weighted by Crippen LogP contribution is -2.38. The third-order valence-corrected chi connectivity index (χ3v) is 4.60. The molecule has 3 heterocycles. The van der Waals surface area contributed by atoms with Gasteiger partial charge in [-0.05, 0) is 30.4 Å². The highest BCUT2D eigenvalue weighted by molar-refractivity contribution is 7.09. The van der Waals surface area contributed by atoms with Crippen LogP contribution in [0.3, 0.4) is 0 Å². The third kappa shape index (κ3) is 4.10. The van der Waals surface area contributed by atoms with Crippen molar-refractivity contribution in [2.75, 3.05) is 19.7 Å². The molecule has 2 aromatic heterocycles. The fourth-order valence-corrected chi connectivity index (χ4v) is 3.29. The van der Waals surface area contributed by atoms with E-state index < -0.39 is 6.10 Å². The van der Waals surface area contributed by atoms with E-state index >= 15 is 0 Å². The predicted molar refractivity (Wildman–Crippen MR) is 85.7 cm³/mol. The first-order valence-electron chi connectivity index (χ1n) is 7.52. The Hall–Kier alpha value is -1.34. The maximum atomic E-state index is 10.1. The lowest BCUT2D eigenvalue weighted by molar-refractivity contribution is 0.00823. The van der Waals surface area contributed by atoms with E-state index in [1.807, 2.05) is 30.6 Å². The van der Waals surface area contributed by atoms with E-state index in [9.17, 15) is 5.11 Å². The van der Waals surface area contributed by atoms with Crippen LogP contribution in [-0.2, 0) is 24.3 Å². The number of hydrogen-bond acceptors (Lipinski definition) is 6. The van der Waals surface area contributed by atoms with Crippen molar-refractivity contribution in [3.63, 3.8) is 0 Å². The second-order valence-corrected chi connectivity index (χ2v) is 6.65. The second kappa shape index (κ2) is 7.28. The van der Waals surface area contributed by atoms with Crippen molar-refractivity contribution in [2.24, 2.45) is 0 Å². The fraction of sp³-hybridized carbons (Fsp3) is 0.500. The Balaban J connectivity index is 1.45. The topological polar surface area (TPSA) is 58.5 Å². The number of aryl methyl sites for hydroxylation is 1. The molecule has 118 valence electrons. The number of hydrogen-bond donors (Lipinski definition) is 1. The van der Waals surface area contributed by atoms with Gasteiger partial charge < -0.3 is 9.84 Å². The first-order valence-corrected chi connectivity index (χ1v) is 8.40. The molecule has 0 aliphatic carbocycles. The molecule has 1 atom stereocenters. The Morgan fingerprint density at radius 2 is 2.41 bits per heavy atom. The Bertz CT molecular complexity index is 603. The molecule has 0 amide bonds. The highest BCUT2D eigenvalue weighted by Gasteiger charge is 2.20. The lowest BCUT2D eigenvalue weighted by atomic mass is 10.1. The molecule has 0 spiro atoms. The first kappa shape index (κ1) is 15.6. The van der Waals surface area contributed by atoms with Gasteiger partial charge in [0, 0.05) is 30.7 Å². The normalized spacial score (nSPS) is 16.5. The zero-order valence-corrected chi connectivity index (χ0v) is 13.6. The van der Waals surface area contributed by atoms with Gasteiger partial charge in [0.15, 0.2) is 0 Å². The maximum Gasteiger partial charge on any atom is 0.125 e. The summed E-state index contributed by atoms with van der Waals surface area (Å²) in [5.41, 5.74) is 2.32. The Morgan fingerprint density at radius 1 is 1.50 bits per heavy atom. The van der Waals surface area contributed by atoms with Gasteiger partial charge in [-0.2, -0.15) is 0 Å². The smallest absolute Gasteiger partial charge is 0.125 e. The summed E-state index contributed by atoms with van der Waals surface area (Å²) in [5.74, 6) is 0.806. The maximum absolute atomic E-state index is 10.1. The minimum atomic E-state index is -0.468. The molecule has 3 rings (SSSR count).